The van der Waals surface area contributed by atoms with Crippen LogP contribution in [0.2, 0.25) is 0 Å². The van der Waals surface area contributed by atoms with Crippen molar-refractivity contribution >= 4 is 5.97 Å². The number of rotatable bonds is 8. The second-order valence-corrected chi connectivity index (χ2v) is 6.58. The molecule has 25 heavy (non-hydrogen) atoms. The third kappa shape index (κ3) is 5.06. The van der Waals surface area contributed by atoms with Crippen molar-refractivity contribution in [2.24, 2.45) is 17.8 Å². The van der Waals surface area contributed by atoms with Gasteiger partial charge >= 0.3 is 5.97 Å². The minimum atomic E-state index is -0.262. The largest absolute Gasteiger partial charge is 0.462 e. The fourth-order valence-corrected chi connectivity index (χ4v) is 3.48. The quantitative estimate of drug-likeness (QED) is 0.254. The van der Waals surface area contributed by atoms with Crippen LogP contribution in [0.4, 0.5) is 0 Å². The lowest BCUT2D eigenvalue weighted by molar-refractivity contribution is -0.140. The zero-order chi connectivity index (χ0) is 18.2. The van der Waals surface area contributed by atoms with E-state index in [1.165, 1.54) is 6.42 Å². The van der Waals surface area contributed by atoms with Crippen LogP contribution in [0.5, 0.6) is 0 Å². The molecule has 0 radical (unpaired) electrons. The third-order valence-corrected chi connectivity index (χ3v) is 4.95. The molecule has 0 amide bonds. The summed E-state index contributed by atoms with van der Waals surface area (Å²) in [5, 5.41) is 0. The molecule has 2 unspecified atom stereocenters. The summed E-state index contributed by atoms with van der Waals surface area (Å²) in [4.78, 5) is 12.3. The van der Waals surface area contributed by atoms with Crippen LogP contribution in [0.15, 0.2) is 84.6 Å². The molecule has 2 aliphatic rings. The van der Waals surface area contributed by atoms with E-state index in [1.54, 1.807) is 18.2 Å². The molecule has 1 saturated carbocycles. The highest BCUT2D eigenvalue weighted by Crippen LogP contribution is 2.43. The SMILES string of the molecule is C=C/C=C\C(=C/C)C(=C)/C=C\C(=C/C)C(=O)OC[C@H]1CC2C=CC1C2. The lowest BCUT2D eigenvalue weighted by Crippen LogP contribution is -2.18. The fourth-order valence-electron chi connectivity index (χ4n) is 3.48. The van der Waals surface area contributed by atoms with Gasteiger partial charge < -0.3 is 4.74 Å². The average Bonchev–Trinajstić information content (AvgIpc) is 3.24. The van der Waals surface area contributed by atoms with Gasteiger partial charge in [-0.3, -0.25) is 0 Å². The summed E-state index contributed by atoms with van der Waals surface area (Å²) >= 11 is 0. The normalized spacial score (nSPS) is 25.9. The van der Waals surface area contributed by atoms with E-state index >= 15 is 0 Å². The molecule has 0 heterocycles. The van der Waals surface area contributed by atoms with E-state index in [-0.39, 0.29) is 5.97 Å². The first-order valence-electron chi connectivity index (χ1n) is 8.93. The molecule has 2 nitrogen and oxygen atoms in total. The van der Waals surface area contributed by atoms with Gasteiger partial charge in [-0.1, -0.05) is 61.8 Å². The van der Waals surface area contributed by atoms with Crippen molar-refractivity contribution < 1.29 is 9.53 Å². The summed E-state index contributed by atoms with van der Waals surface area (Å²) in [5.41, 5.74) is 2.39. The number of ether oxygens (including phenoxy) is 1. The Morgan fingerprint density at radius 2 is 1.88 bits per heavy atom. The molecule has 2 heteroatoms. The van der Waals surface area contributed by atoms with Crippen molar-refractivity contribution in [2.45, 2.75) is 26.7 Å². The molecular formula is C23H28O2. The summed E-state index contributed by atoms with van der Waals surface area (Å²) in [6.45, 7) is 12.0. The Bertz CT molecular complexity index is 670. The first kappa shape index (κ1) is 19.0. The standard InChI is InChI=1S/C23H28O2/c1-5-8-9-19(6-2)17(4)10-12-20(7-3)23(24)25-16-22-15-18-11-13-21(22)14-18/h5-13,18,21-22H,1,4,14-16H2,2-3H3/b9-8-,12-10-,19-6+,20-7+/t18?,21?,22-/m1/s1. The van der Waals surface area contributed by atoms with Gasteiger partial charge in [0.05, 0.1) is 12.2 Å². The number of hydrogen-bond donors (Lipinski definition) is 0. The predicted octanol–water partition coefficient (Wildman–Crippen LogP) is 5.49. The Morgan fingerprint density at radius 1 is 1.12 bits per heavy atom. The number of hydrogen-bond acceptors (Lipinski definition) is 2. The summed E-state index contributed by atoms with van der Waals surface area (Å²) in [5.74, 6) is 1.51. The molecule has 0 N–H and O–H groups in total. The average molecular weight is 336 g/mol. The van der Waals surface area contributed by atoms with Crippen molar-refractivity contribution in [3.05, 3.63) is 84.6 Å². The smallest absolute Gasteiger partial charge is 0.337 e. The fraction of sp³-hybridized carbons (Fsp3) is 0.348. The zero-order valence-corrected chi connectivity index (χ0v) is 15.3. The van der Waals surface area contributed by atoms with Crippen LogP contribution in [0.3, 0.4) is 0 Å². The second kappa shape index (κ2) is 9.22. The Morgan fingerprint density at radius 3 is 2.44 bits per heavy atom. The van der Waals surface area contributed by atoms with E-state index in [4.69, 9.17) is 4.74 Å². The number of fused-ring (bicyclic) bond motifs is 2. The van der Waals surface area contributed by atoms with Gasteiger partial charge in [-0.2, -0.15) is 0 Å². The topological polar surface area (TPSA) is 26.3 Å². The third-order valence-electron chi connectivity index (χ3n) is 4.95. The van der Waals surface area contributed by atoms with E-state index in [0.29, 0.717) is 29.9 Å². The first-order chi connectivity index (χ1) is 12.1. The van der Waals surface area contributed by atoms with Crippen LogP contribution >= 0.6 is 0 Å². The molecule has 0 spiro atoms. The Labute approximate surface area is 151 Å². The summed E-state index contributed by atoms with van der Waals surface area (Å²) in [6, 6.07) is 0. The lowest BCUT2D eigenvalue weighted by Gasteiger charge is -2.17. The van der Waals surface area contributed by atoms with Gasteiger partial charge in [-0.25, -0.2) is 4.79 Å². The molecule has 2 aliphatic carbocycles. The molecule has 0 aliphatic heterocycles. The first-order valence-corrected chi connectivity index (χ1v) is 8.93. The maximum absolute atomic E-state index is 12.3. The zero-order valence-electron chi connectivity index (χ0n) is 15.3. The van der Waals surface area contributed by atoms with Crippen LogP contribution in [-0.4, -0.2) is 12.6 Å². The van der Waals surface area contributed by atoms with Crippen LogP contribution in [0, 0.1) is 17.8 Å². The molecule has 3 atom stereocenters. The number of esters is 1. The van der Waals surface area contributed by atoms with Gasteiger partial charge in [0.2, 0.25) is 0 Å². The van der Waals surface area contributed by atoms with Crippen molar-refractivity contribution in [2.75, 3.05) is 6.61 Å². The van der Waals surface area contributed by atoms with Crippen molar-refractivity contribution in [1.29, 1.82) is 0 Å². The van der Waals surface area contributed by atoms with Crippen LogP contribution < -0.4 is 0 Å². The summed E-state index contributed by atoms with van der Waals surface area (Å²) < 4.78 is 5.55. The number of carbonyl (C=O) groups excluding carboxylic acids is 1. The van der Waals surface area contributed by atoms with E-state index in [9.17, 15) is 4.79 Å². The van der Waals surface area contributed by atoms with Crippen LogP contribution in [0.1, 0.15) is 26.7 Å². The van der Waals surface area contributed by atoms with E-state index < -0.39 is 0 Å². The highest BCUT2D eigenvalue weighted by atomic mass is 16.5. The minimum Gasteiger partial charge on any atom is -0.462 e. The van der Waals surface area contributed by atoms with E-state index in [0.717, 1.165) is 17.6 Å². The van der Waals surface area contributed by atoms with Crippen molar-refractivity contribution in [1.82, 2.24) is 0 Å². The maximum Gasteiger partial charge on any atom is 0.337 e. The molecule has 0 aromatic carbocycles. The molecule has 132 valence electrons. The van der Waals surface area contributed by atoms with Crippen LogP contribution in [0.25, 0.3) is 0 Å². The van der Waals surface area contributed by atoms with Gasteiger partial charge in [0.15, 0.2) is 0 Å². The summed E-state index contributed by atoms with van der Waals surface area (Å²) in [7, 11) is 0. The lowest BCUT2D eigenvalue weighted by atomic mass is 9.95. The molecule has 0 aromatic rings. The number of allylic oxidation sites excluding steroid dienone is 10. The van der Waals surface area contributed by atoms with Gasteiger partial charge in [0.25, 0.3) is 0 Å². The molecular weight excluding hydrogens is 308 g/mol. The number of carbonyl (C=O) groups is 1. The highest BCUT2D eigenvalue weighted by molar-refractivity contribution is 5.91. The molecule has 0 aromatic heterocycles. The minimum absolute atomic E-state index is 0.262. The Hall–Kier alpha value is -2.35. The maximum atomic E-state index is 12.3. The molecule has 2 rings (SSSR count). The molecule has 1 fully saturated rings. The van der Waals surface area contributed by atoms with E-state index in [1.807, 2.05) is 38.2 Å². The summed E-state index contributed by atoms with van der Waals surface area (Å²) in [6.07, 6.45) is 19.9. The Balaban J connectivity index is 1.89. The Kier molecular flexibility index (Phi) is 7.00. The van der Waals surface area contributed by atoms with Crippen LogP contribution in [-0.2, 0) is 9.53 Å². The van der Waals surface area contributed by atoms with Gasteiger partial charge in [0, 0.05) is 0 Å². The van der Waals surface area contributed by atoms with Gasteiger partial charge in [-0.15, -0.1) is 0 Å². The van der Waals surface area contributed by atoms with E-state index in [2.05, 4.69) is 25.3 Å². The van der Waals surface area contributed by atoms with Crippen molar-refractivity contribution in [3.63, 3.8) is 0 Å². The molecule has 2 bridgehead atoms. The highest BCUT2D eigenvalue weighted by Gasteiger charge is 2.36. The monoisotopic (exact) mass is 336 g/mol. The second-order valence-electron chi connectivity index (χ2n) is 6.58. The molecule has 0 saturated heterocycles. The van der Waals surface area contributed by atoms with Gasteiger partial charge in [0.1, 0.15) is 0 Å². The van der Waals surface area contributed by atoms with Crippen molar-refractivity contribution in [3.8, 4) is 0 Å². The predicted molar refractivity (Wildman–Crippen MR) is 105 cm³/mol. The van der Waals surface area contributed by atoms with Gasteiger partial charge in [-0.05, 0) is 61.7 Å².